The van der Waals surface area contributed by atoms with E-state index in [1.54, 1.807) is 13.8 Å². The number of amides is 4. The van der Waals surface area contributed by atoms with E-state index >= 15 is 0 Å². The lowest BCUT2D eigenvalue weighted by Gasteiger charge is -2.20. The van der Waals surface area contributed by atoms with E-state index in [4.69, 9.17) is 0 Å². The summed E-state index contributed by atoms with van der Waals surface area (Å²) in [6.45, 7) is 3.20. The van der Waals surface area contributed by atoms with Gasteiger partial charge in [0.2, 0.25) is 0 Å². The lowest BCUT2D eigenvalue weighted by molar-refractivity contribution is -0.143. The molecule has 0 aliphatic carbocycles. The molecule has 4 amide bonds. The second kappa shape index (κ2) is 3.62. The van der Waals surface area contributed by atoms with Crippen LogP contribution in [0.4, 0.5) is 4.79 Å². The second-order valence-electron chi connectivity index (χ2n) is 4.17. The molecule has 0 spiro atoms. The zero-order valence-electron chi connectivity index (χ0n) is 8.98. The first kappa shape index (κ1) is 11.6. The van der Waals surface area contributed by atoms with E-state index in [-0.39, 0.29) is 13.0 Å². The number of hydrogen-bond donors (Lipinski definition) is 1. The Labute approximate surface area is 87.5 Å². The van der Waals surface area contributed by atoms with Gasteiger partial charge in [0.1, 0.15) is 0 Å². The second-order valence-corrected chi connectivity index (χ2v) is 4.17. The zero-order chi connectivity index (χ0) is 11.8. The van der Waals surface area contributed by atoms with Crippen LogP contribution in [0.1, 0.15) is 20.3 Å². The zero-order valence-corrected chi connectivity index (χ0v) is 8.98. The number of hydrogen-bond acceptors (Lipinski definition) is 4. The third kappa shape index (κ3) is 2.33. The molecule has 0 aromatic rings. The summed E-state index contributed by atoms with van der Waals surface area (Å²) in [5.41, 5.74) is -0.967. The summed E-state index contributed by atoms with van der Waals surface area (Å²) in [4.78, 5) is 35.4. The smallest absolute Gasteiger partial charge is 0.333 e. The molecule has 1 rings (SSSR count). The summed E-state index contributed by atoms with van der Waals surface area (Å²) in [6.07, 6.45) is 0.242. The van der Waals surface area contributed by atoms with E-state index in [2.05, 4.69) is 0 Å². The molecule has 1 N–H and O–H groups in total. The Hall–Kier alpha value is -1.43. The van der Waals surface area contributed by atoms with Crippen LogP contribution < -0.4 is 0 Å². The van der Waals surface area contributed by atoms with Crippen molar-refractivity contribution in [3.05, 3.63) is 0 Å². The highest BCUT2D eigenvalue weighted by Gasteiger charge is 2.42. The molecule has 1 saturated heterocycles. The molecule has 1 aliphatic rings. The number of carbonyl (C=O) groups is 3. The third-order valence-electron chi connectivity index (χ3n) is 2.20. The van der Waals surface area contributed by atoms with Crippen LogP contribution in [0.5, 0.6) is 0 Å². The van der Waals surface area contributed by atoms with Crippen molar-refractivity contribution in [2.45, 2.75) is 25.9 Å². The molecular weight excluding hydrogens is 200 g/mol. The molecule has 6 nitrogen and oxygen atoms in total. The first-order chi connectivity index (χ1) is 6.74. The Morgan fingerprint density at radius 3 is 2.07 bits per heavy atom. The molecular formula is C9H14N2O4. The fraction of sp³-hybridized carbons (Fsp3) is 0.667. The molecule has 0 saturated carbocycles. The molecule has 0 atom stereocenters. The molecule has 15 heavy (non-hydrogen) atoms. The van der Waals surface area contributed by atoms with Crippen molar-refractivity contribution in [3.8, 4) is 0 Å². The van der Waals surface area contributed by atoms with Crippen molar-refractivity contribution in [1.82, 2.24) is 9.80 Å². The molecule has 6 heteroatoms. The van der Waals surface area contributed by atoms with Gasteiger partial charge in [-0.25, -0.2) is 4.79 Å². The number of aliphatic hydroxyl groups is 1. The minimum Gasteiger partial charge on any atom is -0.390 e. The van der Waals surface area contributed by atoms with Gasteiger partial charge in [-0.05, 0) is 20.3 Å². The molecule has 0 aromatic carbocycles. The monoisotopic (exact) mass is 214 g/mol. The Morgan fingerprint density at radius 2 is 1.73 bits per heavy atom. The first-order valence-corrected chi connectivity index (χ1v) is 4.60. The van der Waals surface area contributed by atoms with Crippen molar-refractivity contribution in [3.63, 3.8) is 0 Å². The maximum Gasteiger partial charge on any atom is 0.333 e. The van der Waals surface area contributed by atoms with Crippen LogP contribution in [0.25, 0.3) is 0 Å². The average molecular weight is 214 g/mol. The Kier molecular flexibility index (Phi) is 2.81. The molecule has 0 bridgehead atoms. The number of rotatable bonds is 3. The van der Waals surface area contributed by atoms with Crippen LogP contribution in [0.3, 0.4) is 0 Å². The van der Waals surface area contributed by atoms with Crippen LogP contribution in [-0.4, -0.2) is 51.9 Å². The molecule has 1 aliphatic heterocycles. The van der Waals surface area contributed by atoms with Crippen molar-refractivity contribution >= 4 is 17.8 Å². The summed E-state index contributed by atoms with van der Waals surface area (Å²) in [7, 11) is 1.26. The first-order valence-electron chi connectivity index (χ1n) is 4.60. The maximum absolute atomic E-state index is 11.4. The van der Waals surface area contributed by atoms with Gasteiger partial charge >= 0.3 is 17.8 Å². The van der Waals surface area contributed by atoms with E-state index in [1.807, 2.05) is 0 Å². The van der Waals surface area contributed by atoms with Crippen molar-refractivity contribution < 1.29 is 19.5 Å². The fourth-order valence-corrected chi connectivity index (χ4v) is 1.20. The van der Waals surface area contributed by atoms with Crippen molar-refractivity contribution in [1.29, 1.82) is 0 Å². The number of likely N-dealkylation sites (N-methyl/N-ethyl adjacent to an activating group) is 1. The lowest BCUT2D eigenvalue weighted by Crippen LogP contribution is -2.36. The molecule has 0 radical (unpaired) electrons. The van der Waals surface area contributed by atoms with E-state index in [0.29, 0.717) is 0 Å². The van der Waals surface area contributed by atoms with E-state index < -0.39 is 23.4 Å². The van der Waals surface area contributed by atoms with Gasteiger partial charge in [0.15, 0.2) is 0 Å². The van der Waals surface area contributed by atoms with Gasteiger partial charge in [-0.2, -0.15) is 0 Å². The highest BCUT2D eigenvalue weighted by Crippen LogP contribution is 2.14. The Balaban J connectivity index is 2.68. The van der Waals surface area contributed by atoms with Crippen molar-refractivity contribution in [2.75, 3.05) is 13.6 Å². The van der Waals surface area contributed by atoms with Gasteiger partial charge in [0.25, 0.3) is 0 Å². The number of imide groups is 2. The van der Waals surface area contributed by atoms with Gasteiger partial charge in [0, 0.05) is 13.6 Å². The van der Waals surface area contributed by atoms with Crippen LogP contribution in [0.15, 0.2) is 0 Å². The van der Waals surface area contributed by atoms with E-state index in [1.165, 1.54) is 7.05 Å². The number of urea groups is 1. The summed E-state index contributed by atoms with van der Waals surface area (Å²) in [5.74, 6) is -1.65. The number of nitrogens with zero attached hydrogens (tertiary/aromatic N) is 2. The van der Waals surface area contributed by atoms with Crippen LogP contribution >= 0.6 is 0 Å². The molecule has 0 aromatic heterocycles. The highest BCUT2D eigenvalue weighted by molar-refractivity contribution is 6.44. The summed E-state index contributed by atoms with van der Waals surface area (Å²) in [5, 5.41) is 9.43. The Bertz CT molecular complexity index is 319. The summed E-state index contributed by atoms with van der Waals surface area (Å²) in [6, 6.07) is -0.630. The SMILES string of the molecule is CN1C(=O)C(=O)N(CCC(C)(C)O)C1=O. The van der Waals surface area contributed by atoms with E-state index in [0.717, 1.165) is 9.80 Å². The highest BCUT2D eigenvalue weighted by atomic mass is 16.3. The Morgan fingerprint density at radius 1 is 1.20 bits per heavy atom. The normalized spacial score (nSPS) is 18.0. The fourth-order valence-electron chi connectivity index (χ4n) is 1.20. The van der Waals surface area contributed by atoms with Crippen LogP contribution in [0, 0.1) is 0 Å². The minimum absolute atomic E-state index is 0.0528. The van der Waals surface area contributed by atoms with Gasteiger partial charge in [0.05, 0.1) is 5.60 Å². The van der Waals surface area contributed by atoms with Gasteiger partial charge in [-0.15, -0.1) is 0 Å². The third-order valence-corrected chi connectivity index (χ3v) is 2.20. The molecule has 1 heterocycles. The molecule has 1 fully saturated rings. The minimum atomic E-state index is -0.967. The molecule has 0 unspecified atom stereocenters. The summed E-state index contributed by atoms with van der Waals surface area (Å²) < 4.78 is 0. The lowest BCUT2D eigenvalue weighted by atomic mass is 10.1. The van der Waals surface area contributed by atoms with Gasteiger partial charge < -0.3 is 5.11 Å². The average Bonchev–Trinajstić information content (AvgIpc) is 2.28. The van der Waals surface area contributed by atoms with Crippen molar-refractivity contribution in [2.24, 2.45) is 0 Å². The van der Waals surface area contributed by atoms with Crippen LogP contribution in [0.2, 0.25) is 0 Å². The van der Waals surface area contributed by atoms with Gasteiger partial charge in [-0.3, -0.25) is 19.4 Å². The van der Waals surface area contributed by atoms with Gasteiger partial charge in [-0.1, -0.05) is 0 Å². The van der Waals surface area contributed by atoms with E-state index in [9.17, 15) is 19.5 Å². The quantitative estimate of drug-likeness (QED) is 0.510. The predicted octanol–water partition coefficient (Wildman–Crippen LogP) is -0.432. The topological polar surface area (TPSA) is 77.9 Å². The standard InChI is InChI=1S/C9H14N2O4/c1-9(2,15)4-5-11-7(13)6(12)10(3)8(11)14/h15H,4-5H2,1-3H3. The largest absolute Gasteiger partial charge is 0.390 e. The predicted molar refractivity (Wildman–Crippen MR) is 50.8 cm³/mol. The van der Waals surface area contributed by atoms with Crippen LogP contribution in [-0.2, 0) is 9.59 Å². The summed E-state index contributed by atoms with van der Waals surface area (Å²) >= 11 is 0. The molecule has 84 valence electrons. The maximum atomic E-state index is 11.4. The number of carbonyl (C=O) groups excluding carboxylic acids is 3.